The molecule has 0 atom stereocenters. The summed E-state index contributed by atoms with van der Waals surface area (Å²) >= 11 is 0. The molecule has 0 bridgehead atoms. The van der Waals surface area contributed by atoms with Crippen molar-refractivity contribution >= 4 is 43.7 Å². The Kier molecular flexibility index (Phi) is 3.39. The highest BCUT2D eigenvalue weighted by Crippen LogP contribution is 2.36. The van der Waals surface area contributed by atoms with Gasteiger partial charge in [0.1, 0.15) is 11.2 Å². The van der Waals surface area contributed by atoms with Gasteiger partial charge in [-0.3, -0.25) is 0 Å². The zero-order valence-corrected chi connectivity index (χ0v) is 16.5. The van der Waals surface area contributed by atoms with Crippen LogP contribution in [0.1, 0.15) is 19.9 Å². The Balaban J connectivity index is 1.62. The maximum Gasteiger partial charge on any atom is 0.135 e. The highest BCUT2D eigenvalue weighted by atomic mass is 16.3. The number of furan rings is 1. The SMILES string of the molecule is CC(C)n1c2ccccc2c2cc(-c3ccc4oc5ccccc5c4c3)ccc21. The van der Waals surface area contributed by atoms with Crippen LogP contribution in [0, 0.1) is 0 Å². The average Bonchev–Trinajstić information content (AvgIpc) is 3.28. The van der Waals surface area contributed by atoms with Crippen LogP contribution in [0.2, 0.25) is 0 Å². The Hall–Kier alpha value is -3.52. The largest absolute Gasteiger partial charge is 0.456 e. The molecule has 6 rings (SSSR count). The topological polar surface area (TPSA) is 18.1 Å². The summed E-state index contributed by atoms with van der Waals surface area (Å²) in [6, 6.07) is 30.7. The van der Waals surface area contributed by atoms with Gasteiger partial charge >= 0.3 is 0 Å². The molecule has 2 heteroatoms. The first-order valence-corrected chi connectivity index (χ1v) is 10.1. The minimum absolute atomic E-state index is 0.414. The van der Waals surface area contributed by atoms with Gasteiger partial charge in [-0.1, -0.05) is 48.5 Å². The van der Waals surface area contributed by atoms with E-state index in [1.165, 1.54) is 43.7 Å². The van der Waals surface area contributed by atoms with Crippen LogP contribution < -0.4 is 0 Å². The lowest BCUT2D eigenvalue weighted by atomic mass is 10.0. The van der Waals surface area contributed by atoms with E-state index in [0.29, 0.717) is 6.04 Å². The fourth-order valence-electron chi connectivity index (χ4n) is 4.64. The van der Waals surface area contributed by atoms with E-state index in [9.17, 15) is 0 Å². The molecule has 2 nitrogen and oxygen atoms in total. The van der Waals surface area contributed by atoms with Gasteiger partial charge in [-0.15, -0.1) is 0 Å². The van der Waals surface area contributed by atoms with Crippen molar-refractivity contribution in [3.63, 3.8) is 0 Å². The summed E-state index contributed by atoms with van der Waals surface area (Å²) in [6.45, 7) is 4.50. The van der Waals surface area contributed by atoms with Gasteiger partial charge in [0.2, 0.25) is 0 Å². The molecule has 0 aliphatic carbocycles. The molecule has 4 aromatic carbocycles. The first-order chi connectivity index (χ1) is 14.2. The van der Waals surface area contributed by atoms with Crippen LogP contribution in [0.25, 0.3) is 54.9 Å². The third kappa shape index (κ3) is 2.35. The van der Waals surface area contributed by atoms with Crippen molar-refractivity contribution in [3.05, 3.63) is 84.9 Å². The number of fused-ring (bicyclic) bond motifs is 6. The summed E-state index contributed by atoms with van der Waals surface area (Å²) in [4.78, 5) is 0. The number of hydrogen-bond acceptors (Lipinski definition) is 1. The van der Waals surface area contributed by atoms with Crippen LogP contribution in [0.3, 0.4) is 0 Å². The van der Waals surface area contributed by atoms with Gasteiger partial charge in [0.15, 0.2) is 0 Å². The summed E-state index contributed by atoms with van der Waals surface area (Å²) in [5.41, 5.74) is 6.91. The monoisotopic (exact) mass is 375 g/mol. The van der Waals surface area contributed by atoms with E-state index in [2.05, 4.69) is 91.2 Å². The smallest absolute Gasteiger partial charge is 0.135 e. The van der Waals surface area contributed by atoms with Crippen molar-refractivity contribution in [3.8, 4) is 11.1 Å². The predicted octanol–water partition coefficient (Wildman–Crippen LogP) is 7.94. The third-order valence-corrected chi connectivity index (χ3v) is 5.94. The first-order valence-electron chi connectivity index (χ1n) is 10.1. The molecule has 6 aromatic rings. The molecule has 0 spiro atoms. The molecule has 140 valence electrons. The quantitative estimate of drug-likeness (QED) is 0.300. The van der Waals surface area contributed by atoms with Crippen molar-refractivity contribution in [1.82, 2.24) is 4.57 Å². The molecule has 0 unspecified atom stereocenters. The Morgan fingerprint density at radius 1 is 0.586 bits per heavy atom. The summed E-state index contributed by atoms with van der Waals surface area (Å²) in [5, 5.41) is 4.96. The standard InChI is InChI=1S/C27H21NO/c1-17(2)28-24-9-5-3-7-20(24)22-15-18(11-13-25(22)28)19-12-14-27-23(16-19)21-8-4-6-10-26(21)29-27/h3-17H,1-2H3. The van der Waals surface area contributed by atoms with Crippen LogP contribution in [-0.2, 0) is 0 Å². The Bertz CT molecular complexity index is 1530. The van der Waals surface area contributed by atoms with E-state index < -0.39 is 0 Å². The van der Waals surface area contributed by atoms with Crippen LogP contribution >= 0.6 is 0 Å². The lowest BCUT2D eigenvalue weighted by Gasteiger charge is -2.11. The van der Waals surface area contributed by atoms with Crippen molar-refractivity contribution in [2.45, 2.75) is 19.9 Å². The highest BCUT2D eigenvalue weighted by Gasteiger charge is 2.14. The molecule has 0 amide bonds. The minimum atomic E-state index is 0.414. The molecule has 0 saturated heterocycles. The number of aromatic nitrogens is 1. The van der Waals surface area contributed by atoms with Crippen molar-refractivity contribution in [1.29, 1.82) is 0 Å². The molecular weight excluding hydrogens is 354 g/mol. The molecule has 2 aromatic heterocycles. The molecule has 29 heavy (non-hydrogen) atoms. The van der Waals surface area contributed by atoms with Crippen molar-refractivity contribution in [2.75, 3.05) is 0 Å². The van der Waals surface area contributed by atoms with E-state index in [-0.39, 0.29) is 0 Å². The van der Waals surface area contributed by atoms with Crippen LogP contribution in [0.5, 0.6) is 0 Å². The molecular formula is C27H21NO. The predicted molar refractivity (Wildman–Crippen MR) is 123 cm³/mol. The molecule has 2 heterocycles. The Morgan fingerprint density at radius 3 is 2.03 bits per heavy atom. The summed E-state index contributed by atoms with van der Waals surface area (Å²) in [5.74, 6) is 0. The van der Waals surface area contributed by atoms with Crippen LogP contribution in [0.15, 0.2) is 89.3 Å². The number of rotatable bonds is 2. The molecule has 0 fully saturated rings. The van der Waals surface area contributed by atoms with Gasteiger partial charge in [0.25, 0.3) is 0 Å². The first kappa shape index (κ1) is 16.4. The van der Waals surface area contributed by atoms with Crippen molar-refractivity contribution in [2.24, 2.45) is 0 Å². The van der Waals surface area contributed by atoms with Crippen LogP contribution in [-0.4, -0.2) is 4.57 Å². The van der Waals surface area contributed by atoms with Gasteiger partial charge in [0, 0.05) is 38.6 Å². The fraction of sp³-hybridized carbons (Fsp3) is 0.111. The summed E-state index contributed by atoms with van der Waals surface area (Å²) in [6.07, 6.45) is 0. The zero-order valence-electron chi connectivity index (χ0n) is 16.5. The van der Waals surface area contributed by atoms with Crippen molar-refractivity contribution < 1.29 is 4.42 Å². The third-order valence-electron chi connectivity index (χ3n) is 5.94. The van der Waals surface area contributed by atoms with Gasteiger partial charge in [-0.05, 0) is 61.4 Å². The maximum atomic E-state index is 6.00. The second-order valence-corrected chi connectivity index (χ2v) is 8.02. The summed E-state index contributed by atoms with van der Waals surface area (Å²) in [7, 11) is 0. The number of benzene rings is 4. The van der Waals surface area contributed by atoms with Gasteiger partial charge in [0.05, 0.1) is 0 Å². The molecule has 0 radical (unpaired) electrons. The fourth-order valence-corrected chi connectivity index (χ4v) is 4.64. The zero-order chi connectivity index (χ0) is 19.5. The average molecular weight is 375 g/mol. The number of para-hydroxylation sites is 2. The highest BCUT2D eigenvalue weighted by molar-refractivity contribution is 6.10. The molecule has 0 N–H and O–H groups in total. The normalized spacial score (nSPS) is 12.1. The van der Waals surface area contributed by atoms with Crippen LogP contribution in [0.4, 0.5) is 0 Å². The van der Waals surface area contributed by atoms with Gasteiger partial charge in [-0.2, -0.15) is 0 Å². The van der Waals surface area contributed by atoms with E-state index in [0.717, 1.165) is 11.2 Å². The van der Waals surface area contributed by atoms with E-state index in [4.69, 9.17) is 4.42 Å². The maximum absolute atomic E-state index is 6.00. The number of hydrogen-bond donors (Lipinski definition) is 0. The van der Waals surface area contributed by atoms with Gasteiger partial charge < -0.3 is 8.98 Å². The second kappa shape index (κ2) is 5.99. The number of nitrogens with zero attached hydrogens (tertiary/aromatic N) is 1. The van der Waals surface area contributed by atoms with Gasteiger partial charge in [-0.25, -0.2) is 0 Å². The Morgan fingerprint density at radius 2 is 1.21 bits per heavy atom. The molecule has 0 saturated carbocycles. The second-order valence-electron chi connectivity index (χ2n) is 8.02. The summed E-state index contributed by atoms with van der Waals surface area (Å²) < 4.78 is 8.43. The minimum Gasteiger partial charge on any atom is -0.456 e. The molecule has 0 aliphatic heterocycles. The molecule has 0 aliphatic rings. The lowest BCUT2D eigenvalue weighted by molar-refractivity contribution is 0.642. The lowest BCUT2D eigenvalue weighted by Crippen LogP contribution is -1.99. The van der Waals surface area contributed by atoms with E-state index >= 15 is 0 Å². The van der Waals surface area contributed by atoms with E-state index in [1.807, 2.05) is 12.1 Å². The van der Waals surface area contributed by atoms with E-state index in [1.54, 1.807) is 0 Å². The Labute approximate surface area is 169 Å².